The molecule has 94 valence electrons. The Morgan fingerprint density at radius 1 is 1.53 bits per heavy atom. The average Bonchev–Trinajstić information content (AvgIpc) is 2.73. The Hall–Kier alpha value is -1.43. The molecular weight excluding hydrogens is 240 g/mol. The maximum Gasteiger partial charge on any atom is 0.303 e. The molecule has 0 fully saturated rings. The van der Waals surface area contributed by atoms with Crippen molar-refractivity contribution in [3.05, 3.63) is 16.1 Å². The van der Waals surface area contributed by atoms with Gasteiger partial charge in [0.15, 0.2) is 0 Å². The standard InChI is InChI=1S/C11H16N2O3S/c1-7(2)11-13-6-8(17-11)10(16)12-5-3-4-9(14)15/h6-7H,3-5H2,1-2H3,(H,12,16)(H,14,15). The van der Waals surface area contributed by atoms with Gasteiger partial charge < -0.3 is 10.4 Å². The van der Waals surface area contributed by atoms with Crippen LogP contribution >= 0.6 is 11.3 Å². The van der Waals surface area contributed by atoms with Gasteiger partial charge >= 0.3 is 5.97 Å². The van der Waals surface area contributed by atoms with E-state index in [4.69, 9.17) is 5.11 Å². The molecular formula is C11H16N2O3S. The summed E-state index contributed by atoms with van der Waals surface area (Å²) >= 11 is 1.37. The summed E-state index contributed by atoms with van der Waals surface area (Å²) in [7, 11) is 0. The van der Waals surface area contributed by atoms with Gasteiger partial charge in [-0.05, 0) is 6.42 Å². The predicted octanol–water partition coefficient (Wildman–Crippen LogP) is 1.86. The minimum absolute atomic E-state index is 0.0697. The number of carbonyl (C=O) groups excluding carboxylic acids is 1. The van der Waals surface area contributed by atoms with Gasteiger partial charge in [-0.2, -0.15) is 0 Å². The minimum atomic E-state index is -0.848. The van der Waals surface area contributed by atoms with Crippen LogP contribution in [0, 0.1) is 0 Å². The molecule has 2 N–H and O–H groups in total. The summed E-state index contributed by atoms with van der Waals surface area (Å²) in [5.41, 5.74) is 0. The zero-order chi connectivity index (χ0) is 12.8. The second-order valence-corrected chi connectivity index (χ2v) is 5.03. The molecule has 1 aromatic heterocycles. The van der Waals surface area contributed by atoms with E-state index < -0.39 is 5.97 Å². The molecule has 0 saturated carbocycles. The number of nitrogens with one attached hydrogen (secondary N) is 1. The summed E-state index contributed by atoms with van der Waals surface area (Å²) in [6.07, 6.45) is 2.07. The highest BCUT2D eigenvalue weighted by Gasteiger charge is 2.11. The zero-order valence-electron chi connectivity index (χ0n) is 9.90. The first-order chi connectivity index (χ1) is 8.00. The highest BCUT2D eigenvalue weighted by atomic mass is 32.1. The van der Waals surface area contributed by atoms with Gasteiger partial charge in [0.25, 0.3) is 5.91 Å². The number of amides is 1. The summed E-state index contributed by atoms with van der Waals surface area (Å²) in [4.78, 5) is 26.6. The maximum absolute atomic E-state index is 11.6. The molecule has 0 aliphatic rings. The number of rotatable bonds is 6. The topological polar surface area (TPSA) is 79.3 Å². The molecule has 0 aliphatic heterocycles. The Labute approximate surface area is 104 Å². The molecule has 1 heterocycles. The summed E-state index contributed by atoms with van der Waals surface area (Å²) in [6, 6.07) is 0. The van der Waals surface area contributed by atoms with Gasteiger partial charge in [0.05, 0.1) is 11.2 Å². The third kappa shape index (κ3) is 4.52. The third-order valence-corrected chi connectivity index (χ3v) is 3.39. The number of thiazole rings is 1. The molecule has 1 amide bonds. The van der Waals surface area contributed by atoms with Gasteiger partial charge in [0.2, 0.25) is 0 Å². The first-order valence-electron chi connectivity index (χ1n) is 5.46. The molecule has 17 heavy (non-hydrogen) atoms. The lowest BCUT2D eigenvalue weighted by molar-refractivity contribution is -0.137. The number of carboxylic acids is 1. The molecule has 0 aromatic carbocycles. The minimum Gasteiger partial charge on any atom is -0.481 e. The fourth-order valence-electron chi connectivity index (χ4n) is 1.19. The van der Waals surface area contributed by atoms with Gasteiger partial charge in [-0.1, -0.05) is 13.8 Å². The van der Waals surface area contributed by atoms with Crippen molar-refractivity contribution in [2.75, 3.05) is 6.54 Å². The molecule has 6 heteroatoms. The molecule has 0 bridgehead atoms. The lowest BCUT2D eigenvalue weighted by Gasteiger charge is -2.01. The molecule has 0 spiro atoms. The van der Waals surface area contributed by atoms with E-state index in [9.17, 15) is 9.59 Å². The third-order valence-electron chi connectivity index (χ3n) is 2.09. The second-order valence-electron chi connectivity index (χ2n) is 3.97. The highest BCUT2D eigenvalue weighted by molar-refractivity contribution is 7.13. The molecule has 1 aromatic rings. The molecule has 0 unspecified atom stereocenters. The van der Waals surface area contributed by atoms with Crippen LogP contribution in [0.15, 0.2) is 6.20 Å². The van der Waals surface area contributed by atoms with Gasteiger partial charge in [-0.3, -0.25) is 9.59 Å². The Bertz CT molecular complexity index is 401. The van der Waals surface area contributed by atoms with E-state index in [2.05, 4.69) is 10.3 Å². The monoisotopic (exact) mass is 256 g/mol. The van der Waals surface area contributed by atoms with Crippen LogP contribution in [0.3, 0.4) is 0 Å². The largest absolute Gasteiger partial charge is 0.481 e. The van der Waals surface area contributed by atoms with Crippen molar-refractivity contribution in [2.45, 2.75) is 32.6 Å². The molecule has 0 saturated heterocycles. The summed E-state index contributed by atoms with van der Waals surface area (Å²) in [6.45, 7) is 4.42. The fraction of sp³-hybridized carbons (Fsp3) is 0.545. The lowest BCUT2D eigenvalue weighted by Crippen LogP contribution is -2.24. The Kier molecular flexibility index (Phi) is 5.09. The smallest absolute Gasteiger partial charge is 0.303 e. The van der Waals surface area contributed by atoms with Crippen molar-refractivity contribution in [1.29, 1.82) is 0 Å². The van der Waals surface area contributed by atoms with Gasteiger partial charge in [0.1, 0.15) is 4.88 Å². The number of aromatic nitrogens is 1. The number of carbonyl (C=O) groups is 2. The molecule has 0 radical (unpaired) electrons. The Balaban J connectivity index is 2.39. The van der Waals surface area contributed by atoms with Crippen LogP contribution in [0.5, 0.6) is 0 Å². The van der Waals surface area contributed by atoms with Gasteiger partial charge in [-0.15, -0.1) is 11.3 Å². The molecule has 0 atom stereocenters. The fourth-order valence-corrected chi connectivity index (χ4v) is 2.02. The summed E-state index contributed by atoms with van der Waals surface area (Å²) < 4.78 is 0. The van der Waals surface area contributed by atoms with E-state index in [1.807, 2.05) is 13.8 Å². The second kappa shape index (κ2) is 6.34. The number of aliphatic carboxylic acids is 1. The van der Waals surface area contributed by atoms with Crippen molar-refractivity contribution in [2.24, 2.45) is 0 Å². The molecule has 0 aliphatic carbocycles. The van der Waals surface area contributed by atoms with Crippen LogP contribution in [-0.2, 0) is 4.79 Å². The van der Waals surface area contributed by atoms with E-state index in [1.165, 1.54) is 11.3 Å². The van der Waals surface area contributed by atoms with Crippen LogP contribution in [0.2, 0.25) is 0 Å². The van der Waals surface area contributed by atoms with Crippen LogP contribution in [0.25, 0.3) is 0 Å². The molecule has 5 nitrogen and oxygen atoms in total. The first kappa shape index (κ1) is 13.6. The van der Waals surface area contributed by atoms with Crippen molar-refractivity contribution in [3.63, 3.8) is 0 Å². The van der Waals surface area contributed by atoms with E-state index in [0.717, 1.165) is 5.01 Å². The summed E-state index contributed by atoms with van der Waals surface area (Å²) in [5.74, 6) is -0.715. The van der Waals surface area contributed by atoms with E-state index in [-0.39, 0.29) is 12.3 Å². The first-order valence-corrected chi connectivity index (χ1v) is 6.28. The van der Waals surface area contributed by atoms with Crippen molar-refractivity contribution in [3.8, 4) is 0 Å². The van der Waals surface area contributed by atoms with Gasteiger partial charge in [-0.25, -0.2) is 4.98 Å². The number of carboxylic acid groups (broad SMARTS) is 1. The maximum atomic E-state index is 11.6. The lowest BCUT2D eigenvalue weighted by atomic mass is 10.2. The average molecular weight is 256 g/mol. The van der Waals surface area contributed by atoms with Crippen LogP contribution in [-0.4, -0.2) is 28.5 Å². The van der Waals surface area contributed by atoms with Crippen molar-refractivity contribution >= 4 is 23.2 Å². The van der Waals surface area contributed by atoms with Crippen molar-refractivity contribution < 1.29 is 14.7 Å². The number of hydrogen-bond acceptors (Lipinski definition) is 4. The molecule has 1 rings (SSSR count). The van der Waals surface area contributed by atoms with Crippen LogP contribution in [0.4, 0.5) is 0 Å². The predicted molar refractivity (Wildman–Crippen MR) is 65.4 cm³/mol. The highest BCUT2D eigenvalue weighted by Crippen LogP contribution is 2.20. The summed E-state index contributed by atoms with van der Waals surface area (Å²) in [5, 5.41) is 12.0. The van der Waals surface area contributed by atoms with E-state index in [0.29, 0.717) is 23.8 Å². The Morgan fingerprint density at radius 3 is 2.76 bits per heavy atom. The van der Waals surface area contributed by atoms with Crippen molar-refractivity contribution in [1.82, 2.24) is 10.3 Å². The van der Waals surface area contributed by atoms with Gasteiger partial charge in [0, 0.05) is 18.9 Å². The SMILES string of the molecule is CC(C)c1ncc(C(=O)NCCCC(=O)O)s1. The van der Waals surface area contributed by atoms with E-state index in [1.54, 1.807) is 6.20 Å². The van der Waals surface area contributed by atoms with Crippen LogP contribution < -0.4 is 5.32 Å². The Morgan fingerprint density at radius 2 is 2.24 bits per heavy atom. The zero-order valence-corrected chi connectivity index (χ0v) is 10.7. The number of nitrogens with zero attached hydrogens (tertiary/aromatic N) is 1. The number of hydrogen-bond donors (Lipinski definition) is 2. The normalized spacial score (nSPS) is 10.5. The van der Waals surface area contributed by atoms with E-state index >= 15 is 0 Å². The quantitative estimate of drug-likeness (QED) is 0.761. The van der Waals surface area contributed by atoms with Crippen LogP contribution in [0.1, 0.15) is 47.3 Å².